The topological polar surface area (TPSA) is 92.3 Å². The van der Waals surface area contributed by atoms with Crippen molar-refractivity contribution in [1.82, 2.24) is 10.2 Å². The minimum atomic E-state index is -1.09. The van der Waals surface area contributed by atoms with Crippen molar-refractivity contribution in [3.05, 3.63) is 55.4 Å². The number of benzene rings is 1. The van der Waals surface area contributed by atoms with Crippen molar-refractivity contribution in [2.45, 2.75) is 26.2 Å². The van der Waals surface area contributed by atoms with Gasteiger partial charge in [-0.3, -0.25) is 4.79 Å². The number of hydrogen-bond acceptors (Lipinski definition) is 4. The molecule has 1 aromatic carbocycles. The molecule has 0 atom stereocenters. The average molecular weight is 371 g/mol. The van der Waals surface area contributed by atoms with Gasteiger partial charge in [0, 0.05) is 22.0 Å². The van der Waals surface area contributed by atoms with Gasteiger partial charge in [-0.25, -0.2) is 9.89 Å². The predicted octanol–water partition coefficient (Wildman–Crippen LogP) is 3.25. The second kappa shape index (κ2) is 7.68. The van der Waals surface area contributed by atoms with Crippen molar-refractivity contribution >= 4 is 29.2 Å². The van der Waals surface area contributed by atoms with E-state index < -0.39 is 12.6 Å². The van der Waals surface area contributed by atoms with Crippen molar-refractivity contribution in [3.8, 4) is 5.75 Å². The molecule has 1 aromatic heterocycles. The number of aliphatic carboxylic acids is 1. The number of hydrogen-bond donors (Lipinski definition) is 2. The first-order chi connectivity index (χ1) is 11.3. The lowest BCUT2D eigenvalue weighted by Crippen LogP contribution is -2.17. The number of carboxylic acid groups (broad SMARTS) is 1. The Morgan fingerprint density at radius 2 is 1.92 bits per heavy atom. The Bertz CT molecular complexity index is 795. The lowest BCUT2D eigenvalue weighted by atomic mass is 10.0. The van der Waals surface area contributed by atoms with Gasteiger partial charge in [-0.15, -0.1) is 0 Å². The van der Waals surface area contributed by atoms with Gasteiger partial charge >= 0.3 is 5.97 Å². The SMILES string of the molecule is CC(C)c1cc(Cc2c(Cl)cc(OCC(=O)O)cc2Cl)n[nH]c1=O. The third-order valence-electron chi connectivity index (χ3n) is 3.34. The minimum Gasteiger partial charge on any atom is -0.482 e. The first kappa shape index (κ1) is 18.3. The van der Waals surface area contributed by atoms with Crippen LogP contribution in [0.4, 0.5) is 0 Å². The van der Waals surface area contributed by atoms with Crippen molar-refractivity contribution in [2.24, 2.45) is 0 Å². The molecule has 2 aromatic rings. The van der Waals surface area contributed by atoms with Gasteiger partial charge < -0.3 is 9.84 Å². The quantitative estimate of drug-likeness (QED) is 0.813. The number of ether oxygens (including phenoxy) is 1. The maximum Gasteiger partial charge on any atom is 0.341 e. The third-order valence-corrected chi connectivity index (χ3v) is 4.02. The number of rotatable bonds is 6. The largest absolute Gasteiger partial charge is 0.482 e. The Morgan fingerprint density at radius 1 is 1.29 bits per heavy atom. The Kier molecular flexibility index (Phi) is 5.85. The lowest BCUT2D eigenvalue weighted by molar-refractivity contribution is -0.139. The van der Waals surface area contributed by atoms with Crippen molar-refractivity contribution in [1.29, 1.82) is 0 Å². The monoisotopic (exact) mass is 370 g/mol. The van der Waals surface area contributed by atoms with Crippen molar-refractivity contribution in [3.63, 3.8) is 0 Å². The molecule has 6 nitrogen and oxygen atoms in total. The highest BCUT2D eigenvalue weighted by atomic mass is 35.5. The first-order valence-corrected chi connectivity index (χ1v) is 7.94. The Labute approximate surface area is 148 Å². The molecule has 0 spiro atoms. The summed E-state index contributed by atoms with van der Waals surface area (Å²) in [6.07, 6.45) is 0.327. The Hall–Kier alpha value is -2.05. The molecule has 0 aliphatic heterocycles. The maximum absolute atomic E-state index is 11.7. The van der Waals surface area contributed by atoms with Gasteiger partial charge in [0.2, 0.25) is 0 Å². The zero-order chi connectivity index (χ0) is 17.9. The summed E-state index contributed by atoms with van der Waals surface area (Å²) in [5.41, 5.74) is 1.66. The van der Waals surface area contributed by atoms with Gasteiger partial charge in [0.15, 0.2) is 6.61 Å². The molecule has 2 N–H and O–H groups in total. The van der Waals surface area contributed by atoms with Crippen LogP contribution in [0.3, 0.4) is 0 Å². The molecule has 0 radical (unpaired) electrons. The molecule has 0 saturated carbocycles. The van der Waals surface area contributed by atoms with E-state index in [1.807, 2.05) is 13.8 Å². The lowest BCUT2D eigenvalue weighted by Gasteiger charge is -2.11. The number of H-pyrrole nitrogens is 1. The van der Waals surface area contributed by atoms with Crippen LogP contribution in [0.1, 0.15) is 36.6 Å². The molecule has 0 saturated heterocycles. The Balaban J connectivity index is 2.28. The molecule has 0 aliphatic rings. The van der Waals surface area contributed by atoms with Gasteiger partial charge in [-0.05, 0) is 29.7 Å². The zero-order valence-electron chi connectivity index (χ0n) is 13.1. The molecule has 24 heavy (non-hydrogen) atoms. The molecule has 2 rings (SSSR count). The summed E-state index contributed by atoms with van der Waals surface area (Å²) in [7, 11) is 0. The van der Waals surface area contributed by atoms with E-state index >= 15 is 0 Å². The fraction of sp³-hybridized carbons (Fsp3) is 0.312. The molecular weight excluding hydrogens is 355 g/mol. The molecule has 0 bridgehead atoms. The molecule has 8 heteroatoms. The van der Waals surface area contributed by atoms with E-state index in [0.717, 1.165) is 0 Å². The molecule has 1 heterocycles. The fourth-order valence-electron chi connectivity index (χ4n) is 2.14. The second-order valence-corrected chi connectivity index (χ2v) is 6.34. The number of halogens is 2. The van der Waals surface area contributed by atoms with Gasteiger partial charge in [0.1, 0.15) is 5.75 Å². The summed E-state index contributed by atoms with van der Waals surface area (Å²) in [4.78, 5) is 22.3. The summed E-state index contributed by atoms with van der Waals surface area (Å²) in [5.74, 6) is -0.758. The van der Waals surface area contributed by atoms with Gasteiger partial charge in [0.25, 0.3) is 5.56 Å². The van der Waals surface area contributed by atoms with Crippen LogP contribution in [0.2, 0.25) is 10.0 Å². The van der Waals surface area contributed by atoms with Crippen LogP contribution in [0.5, 0.6) is 5.75 Å². The zero-order valence-corrected chi connectivity index (χ0v) is 14.6. The smallest absolute Gasteiger partial charge is 0.341 e. The van der Waals surface area contributed by atoms with E-state index in [-0.39, 0.29) is 17.2 Å². The van der Waals surface area contributed by atoms with Crippen LogP contribution < -0.4 is 10.3 Å². The number of nitrogens with one attached hydrogen (secondary N) is 1. The van der Waals surface area contributed by atoms with Crippen molar-refractivity contribution < 1.29 is 14.6 Å². The predicted molar refractivity (Wildman–Crippen MR) is 91.3 cm³/mol. The molecule has 0 unspecified atom stereocenters. The second-order valence-electron chi connectivity index (χ2n) is 5.52. The molecule has 0 fully saturated rings. The highest BCUT2D eigenvalue weighted by Crippen LogP contribution is 2.32. The molecule has 128 valence electrons. The highest BCUT2D eigenvalue weighted by molar-refractivity contribution is 6.36. The maximum atomic E-state index is 11.7. The molecule has 0 amide bonds. The van der Waals surface area contributed by atoms with Crippen LogP contribution in [-0.2, 0) is 11.2 Å². The first-order valence-electron chi connectivity index (χ1n) is 7.19. The van der Waals surface area contributed by atoms with Gasteiger partial charge in [0.05, 0.1) is 5.69 Å². The van der Waals surface area contributed by atoms with Gasteiger partial charge in [-0.1, -0.05) is 37.0 Å². The van der Waals surface area contributed by atoms with E-state index in [1.54, 1.807) is 6.07 Å². The minimum absolute atomic E-state index is 0.0632. The number of nitrogens with zero attached hydrogens (tertiary/aromatic N) is 1. The highest BCUT2D eigenvalue weighted by Gasteiger charge is 2.13. The van der Waals surface area contributed by atoms with Crippen LogP contribution in [0, 0.1) is 0 Å². The Morgan fingerprint density at radius 3 is 2.46 bits per heavy atom. The van der Waals surface area contributed by atoms with Crippen LogP contribution >= 0.6 is 23.2 Å². The standard InChI is InChI=1S/C16H16Cl2N2O4/c1-8(2)11-3-9(19-20-16(11)23)4-12-13(17)5-10(6-14(12)18)24-7-15(21)22/h3,5-6,8H,4,7H2,1-2H3,(H,20,23)(H,21,22). The van der Waals surface area contributed by atoms with E-state index in [1.165, 1.54) is 12.1 Å². The summed E-state index contributed by atoms with van der Waals surface area (Å²) >= 11 is 12.4. The number of carbonyl (C=O) groups is 1. The molecular formula is C16H16Cl2N2O4. The summed E-state index contributed by atoms with van der Waals surface area (Å²) < 4.78 is 5.07. The molecule has 0 aliphatic carbocycles. The summed E-state index contributed by atoms with van der Waals surface area (Å²) in [6.45, 7) is 3.36. The van der Waals surface area contributed by atoms with Crippen LogP contribution in [-0.4, -0.2) is 27.9 Å². The van der Waals surface area contributed by atoms with Crippen LogP contribution in [0.15, 0.2) is 23.0 Å². The normalized spacial score (nSPS) is 10.9. The number of aromatic nitrogens is 2. The number of carboxylic acids is 1. The van der Waals surface area contributed by atoms with E-state index in [0.29, 0.717) is 33.3 Å². The van der Waals surface area contributed by atoms with Crippen LogP contribution in [0.25, 0.3) is 0 Å². The third kappa shape index (κ3) is 4.49. The summed E-state index contributed by atoms with van der Waals surface area (Å²) in [6, 6.07) is 4.73. The van der Waals surface area contributed by atoms with E-state index in [9.17, 15) is 9.59 Å². The van der Waals surface area contributed by atoms with Crippen molar-refractivity contribution in [2.75, 3.05) is 6.61 Å². The summed E-state index contributed by atoms with van der Waals surface area (Å²) in [5, 5.41) is 15.8. The average Bonchev–Trinajstić information content (AvgIpc) is 2.50. The van der Waals surface area contributed by atoms with E-state index in [2.05, 4.69) is 10.2 Å². The van der Waals surface area contributed by atoms with Gasteiger partial charge in [-0.2, -0.15) is 5.10 Å². The fourth-order valence-corrected chi connectivity index (χ4v) is 2.74. The number of aromatic amines is 1. The van der Waals surface area contributed by atoms with E-state index in [4.69, 9.17) is 33.0 Å².